The molecule has 115 heavy (non-hydrogen) atoms. The fraction of sp³-hybridized carbons (Fsp3) is 0.0795. The molecule has 25 nitrogen and oxygen atoms in total. The molecule has 3 heterocycles. The molecule has 0 atom stereocenters. The number of urea groups is 2. The van der Waals surface area contributed by atoms with Crippen LogP contribution in [0.25, 0.3) is 11.4 Å². The summed E-state index contributed by atoms with van der Waals surface area (Å²) in [5.74, 6) is -1.82. The first-order valence-electron chi connectivity index (χ1n) is 36.0. The summed E-state index contributed by atoms with van der Waals surface area (Å²) in [6.07, 6.45) is 12.5. The fourth-order valence-electron chi connectivity index (χ4n) is 10.8. The van der Waals surface area contributed by atoms with Crippen LogP contribution < -0.4 is 88.1 Å². The number of carbonyl (C=O) groups excluding carboxylic acids is 6. The van der Waals surface area contributed by atoms with Gasteiger partial charge in [-0.3, -0.25) is 42.9 Å². The Balaban J connectivity index is 0.000000159. The summed E-state index contributed by atoms with van der Waals surface area (Å²) in [5.41, 5.74) is 43.5. The van der Waals surface area contributed by atoms with Crippen LogP contribution in [0.15, 0.2) is 326 Å². The molecule has 1 fully saturated rings. The number of anilines is 12. The molecule has 1 aliphatic rings. The molecule has 0 radical (unpaired) electrons. The molecule has 0 saturated heterocycles. The van der Waals surface area contributed by atoms with Gasteiger partial charge in [0.2, 0.25) is 0 Å². The van der Waals surface area contributed by atoms with E-state index in [1.54, 1.807) is 176 Å². The van der Waals surface area contributed by atoms with Gasteiger partial charge in [-0.15, -0.1) is 0 Å². The third-order valence-corrected chi connectivity index (χ3v) is 16.8. The zero-order valence-corrected chi connectivity index (χ0v) is 62.2. The smallest absolute Gasteiger partial charge is 0.323 e. The Morgan fingerprint density at radius 2 is 0.704 bits per heavy atom. The number of rotatable bonds is 15. The summed E-state index contributed by atoms with van der Waals surface area (Å²) in [6.45, 7) is 0.492. The second-order valence-corrected chi connectivity index (χ2v) is 25.5. The molecule has 0 spiro atoms. The molecule has 20 N–H and O–H groups in total. The Morgan fingerprint density at radius 1 is 0.348 bits per heavy atom. The topological polar surface area (TPSA) is 412 Å². The van der Waals surface area contributed by atoms with Crippen LogP contribution >= 0.6 is 0 Å². The van der Waals surface area contributed by atoms with Crippen molar-refractivity contribution in [2.75, 3.05) is 66.3 Å². The monoisotopic (exact) mass is 1550 g/mol. The van der Waals surface area contributed by atoms with E-state index in [9.17, 15) is 47.1 Å². The summed E-state index contributed by atoms with van der Waals surface area (Å²) in [5, 5.41) is 22.0. The van der Waals surface area contributed by atoms with Crippen molar-refractivity contribution >= 4 is 104 Å². The van der Waals surface area contributed by atoms with Crippen LogP contribution in [0, 0.1) is 11.6 Å². The van der Waals surface area contributed by atoms with Crippen LogP contribution in [0.3, 0.4) is 0 Å². The lowest BCUT2D eigenvalue weighted by Crippen LogP contribution is -2.36. The van der Waals surface area contributed by atoms with Gasteiger partial charge >= 0.3 is 12.1 Å². The van der Waals surface area contributed by atoms with Crippen LogP contribution in [0.5, 0.6) is 0 Å². The number of hydrogen-bond acceptors (Lipinski definition) is 15. The summed E-state index contributed by atoms with van der Waals surface area (Å²) in [7, 11) is 0. The van der Waals surface area contributed by atoms with E-state index in [1.165, 1.54) is 95.3 Å². The number of hydrogen-bond donors (Lipinski definition) is 14. The maximum absolute atomic E-state index is 13.0. The maximum Gasteiger partial charge on any atom is 0.323 e. The standard InChI is InChI=1S/2C18H14FN3O2.3C13H13N3O.C13H18N2O/c19-12-3-9-15(10-4-12)22-11-1-2-16(18(22)24)17(23)21-14-7-5-13(20)6-8-14;19-13-5-9-15(10-6-13)22-11-1-2-16(18(22)24)21-17(23)12-3-7-14(20)8-4-12;14-12-3-1-11(2-4-12)13(17)16-9-10-5-7-15-8-6-10;2*14-10-6-8-12(9-7-10)16-13(17)15-11-4-2-1-3-5-11;14-11-8-6-10(7-9-11)13(16)15-12-4-2-1-3-5-12/h2*1-11H,20H2,(H,21,23);1-8H,9,14H2,(H,16,17);2*1-9H,14H2,(H2,15,16,17);6-9,12H,1-5,14H2,(H,15,16). The van der Waals surface area contributed by atoms with Crippen molar-refractivity contribution in [3.63, 3.8) is 0 Å². The zero-order valence-electron chi connectivity index (χ0n) is 62.2. The lowest BCUT2D eigenvalue weighted by molar-refractivity contribution is 0.0924. The van der Waals surface area contributed by atoms with E-state index in [4.69, 9.17) is 34.4 Å². The second kappa shape index (κ2) is 42.9. The summed E-state index contributed by atoms with van der Waals surface area (Å²) >= 11 is 0. The van der Waals surface area contributed by atoms with Crippen LogP contribution in [-0.2, 0) is 6.54 Å². The largest absolute Gasteiger partial charge is 0.399 e. The number of carbonyl (C=O) groups is 6. The highest BCUT2D eigenvalue weighted by atomic mass is 19.1. The first kappa shape index (κ1) is 83.4. The number of halogens is 2. The highest BCUT2D eigenvalue weighted by Crippen LogP contribution is 2.21. The number of nitrogens with two attached hydrogens (primary N) is 6. The predicted molar refractivity (Wildman–Crippen MR) is 453 cm³/mol. The second-order valence-electron chi connectivity index (χ2n) is 25.5. The first-order chi connectivity index (χ1) is 55.6. The summed E-state index contributed by atoms with van der Waals surface area (Å²) in [6, 6.07) is 80.0. The van der Waals surface area contributed by atoms with E-state index in [2.05, 4.69) is 47.5 Å². The van der Waals surface area contributed by atoms with Crippen molar-refractivity contribution in [2.24, 2.45) is 0 Å². The van der Waals surface area contributed by atoms with Gasteiger partial charge in [-0.25, -0.2) is 18.4 Å². The third kappa shape index (κ3) is 27.8. The molecule has 10 aromatic carbocycles. The minimum atomic E-state index is -0.527. The van der Waals surface area contributed by atoms with Gasteiger partial charge in [0.1, 0.15) is 22.9 Å². The van der Waals surface area contributed by atoms with Gasteiger partial charge in [-0.1, -0.05) is 55.7 Å². The average molecular weight is 1550 g/mol. The number of aromatic nitrogens is 3. The molecule has 27 heteroatoms. The Labute approximate surface area is 661 Å². The van der Waals surface area contributed by atoms with Crippen molar-refractivity contribution in [2.45, 2.75) is 44.7 Å². The molecule has 8 amide bonds. The van der Waals surface area contributed by atoms with E-state index in [0.29, 0.717) is 91.8 Å². The SMILES string of the molecule is Nc1ccc(C(=O)NC2CCCCC2)cc1.Nc1ccc(C(=O)NCc2ccncc2)cc1.Nc1ccc(C(=O)Nc2cccn(-c3ccc(F)cc3)c2=O)cc1.Nc1ccc(NC(=O)Nc2ccccc2)cc1.Nc1ccc(NC(=O)Nc2ccccc2)cc1.Nc1ccc(NC(=O)c2cccn(-c3ccc(F)cc3)c2=O)cc1. The first-order valence-corrected chi connectivity index (χ1v) is 36.0. The number of amides is 8. The van der Waals surface area contributed by atoms with Crippen molar-refractivity contribution in [3.8, 4) is 11.4 Å². The van der Waals surface area contributed by atoms with Gasteiger partial charge in [0.25, 0.3) is 34.7 Å². The van der Waals surface area contributed by atoms with Gasteiger partial charge < -0.3 is 76.9 Å². The van der Waals surface area contributed by atoms with Crippen LogP contribution in [0.2, 0.25) is 0 Å². The van der Waals surface area contributed by atoms with Gasteiger partial charge in [0, 0.05) is 128 Å². The van der Waals surface area contributed by atoms with E-state index in [1.807, 2.05) is 72.8 Å². The van der Waals surface area contributed by atoms with E-state index >= 15 is 0 Å². The molecule has 1 aliphatic carbocycles. The molecule has 584 valence electrons. The number of para-hydroxylation sites is 2. The third-order valence-electron chi connectivity index (χ3n) is 16.8. The van der Waals surface area contributed by atoms with Crippen LogP contribution in [0.1, 0.15) is 79.1 Å². The Bertz CT molecular complexity index is 5330. The molecule has 0 bridgehead atoms. The van der Waals surface area contributed by atoms with Gasteiger partial charge in [-0.2, -0.15) is 0 Å². The highest BCUT2D eigenvalue weighted by Gasteiger charge is 2.18. The predicted octanol–water partition coefficient (Wildman–Crippen LogP) is 15.4. The Morgan fingerprint density at radius 3 is 1.12 bits per heavy atom. The number of benzene rings is 10. The van der Waals surface area contributed by atoms with E-state index < -0.39 is 28.8 Å². The number of nitrogens with zero attached hydrogens (tertiary/aromatic N) is 3. The van der Waals surface area contributed by atoms with Gasteiger partial charge in [0.15, 0.2) is 0 Å². The lowest BCUT2D eigenvalue weighted by atomic mass is 9.95. The number of pyridine rings is 3. The molecular formula is C88H85F2N17O8. The minimum Gasteiger partial charge on any atom is -0.399 e. The normalized spacial score (nSPS) is 11.0. The molecular weight excluding hydrogens is 1460 g/mol. The molecule has 13 aromatic rings. The molecule has 0 aliphatic heterocycles. The fourth-order valence-corrected chi connectivity index (χ4v) is 10.8. The van der Waals surface area contributed by atoms with Crippen molar-refractivity contribution in [1.82, 2.24) is 24.8 Å². The maximum atomic E-state index is 13.0. The molecule has 14 rings (SSSR count). The van der Waals surface area contributed by atoms with Crippen molar-refractivity contribution < 1.29 is 37.5 Å². The molecule has 0 unspecified atom stereocenters. The quantitative estimate of drug-likeness (QED) is 0.0424. The van der Waals surface area contributed by atoms with Gasteiger partial charge in [-0.05, 0) is 273 Å². The summed E-state index contributed by atoms with van der Waals surface area (Å²) < 4.78 is 28.7. The average Bonchev–Trinajstić information content (AvgIpc) is 0.816. The molecule has 3 aromatic heterocycles. The summed E-state index contributed by atoms with van der Waals surface area (Å²) in [4.78, 5) is 100. The lowest BCUT2D eigenvalue weighted by Gasteiger charge is -2.22. The number of nitrogen functional groups attached to an aromatic ring is 6. The highest BCUT2D eigenvalue weighted by molar-refractivity contribution is 6.05. The zero-order chi connectivity index (χ0) is 81.9. The van der Waals surface area contributed by atoms with E-state index in [-0.39, 0.29) is 40.9 Å². The minimum absolute atomic E-state index is 0.0151. The Kier molecular flexibility index (Phi) is 31.1. The van der Waals surface area contributed by atoms with Crippen molar-refractivity contribution in [3.05, 3.63) is 376 Å². The Hall–Kier alpha value is -15.7. The van der Waals surface area contributed by atoms with Crippen molar-refractivity contribution in [1.29, 1.82) is 0 Å². The number of nitrogens with one attached hydrogen (secondary N) is 8. The van der Waals surface area contributed by atoms with Gasteiger partial charge in [0.05, 0.1) is 0 Å². The van der Waals surface area contributed by atoms with Crippen LogP contribution in [0.4, 0.5) is 86.6 Å². The molecule has 1 saturated carbocycles. The van der Waals surface area contributed by atoms with E-state index in [0.717, 1.165) is 29.8 Å². The van der Waals surface area contributed by atoms with Crippen LogP contribution in [-0.4, -0.2) is 55.9 Å².